The van der Waals surface area contributed by atoms with Crippen molar-refractivity contribution in [3.05, 3.63) is 35.4 Å². The minimum Gasteiger partial charge on any atom is -0.444 e. The lowest BCUT2D eigenvalue weighted by molar-refractivity contribution is -0.138. The van der Waals surface area contributed by atoms with Crippen LogP contribution in [-0.2, 0) is 16.0 Å². The van der Waals surface area contributed by atoms with Crippen LogP contribution in [0.1, 0.15) is 63.6 Å². The number of hydrogen-bond acceptors (Lipinski definition) is 3. The van der Waals surface area contributed by atoms with E-state index in [-0.39, 0.29) is 24.0 Å². The molecule has 1 aromatic carbocycles. The standard InChI is InChI=1S/C22H32N2O3/c1-22(2,3)27-21(26)24-14-8-11-17(15-24)20(25)23(4)19-13-7-10-16-9-5-6-12-18(16)19/h5-6,9,12,17,19H,7-8,10-11,13-15H2,1-4H3. The average molecular weight is 373 g/mol. The van der Waals surface area contributed by atoms with Gasteiger partial charge in [-0.2, -0.15) is 0 Å². The predicted molar refractivity (Wildman–Crippen MR) is 105 cm³/mol. The van der Waals surface area contributed by atoms with Crippen molar-refractivity contribution in [3.8, 4) is 0 Å². The van der Waals surface area contributed by atoms with Gasteiger partial charge in [0, 0.05) is 20.1 Å². The van der Waals surface area contributed by atoms with Crippen LogP contribution in [0.5, 0.6) is 0 Å². The zero-order chi connectivity index (χ0) is 19.6. The summed E-state index contributed by atoms with van der Waals surface area (Å²) in [6, 6.07) is 8.59. The van der Waals surface area contributed by atoms with E-state index in [1.165, 1.54) is 11.1 Å². The summed E-state index contributed by atoms with van der Waals surface area (Å²) in [4.78, 5) is 29.2. The van der Waals surface area contributed by atoms with Crippen molar-refractivity contribution >= 4 is 12.0 Å². The summed E-state index contributed by atoms with van der Waals surface area (Å²) < 4.78 is 5.49. The molecule has 148 valence electrons. The molecular formula is C22H32N2O3. The highest BCUT2D eigenvalue weighted by Gasteiger charge is 2.35. The Bertz CT molecular complexity index is 695. The lowest BCUT2D eigenvalue weighted by Gasteiger charge is -2.38. The average Bonchev–Trinajstić information content (AvgIpc) is 2.65. The van der Waals surface area contributed by atoms with Crippen LogP contribution >= 0.6 is 0 Å². The van der Waals surface area contributed by atoms with Crippen LogP contribution in [0.2, 0.25) is 0 Å². The quantitative estimate of drug-likeness (QED) is 0.783. The number of likely N-dealkylation sites (tertiary alicyclic amines) is 1. The van der Waals surface area contributed by atoms with E-state index in [2.05, 4.69) is 24.3 Å². The van der Waals surface area contributed by atoms with Crippen molar-refractivity contribution in [1.29, 1.82) is 0 Å². The minimum atomic E-state index is -0.517. The van der Waals surface area contributed by atoms with E-state index in [0.29, 0.717) is 13.1 Å². The molecule has 0 saturated carbocycles. The number of hydrogen-bond donors (Lipinski definition) is 0. The molecule has 5 nitrogen and oxygen atoms in total. The lowest BCUT2D eigenvalue weighted by Crippen LogP contribution is -2.48. The number of nitrogens with zero attached hydrogens (tertiary/aromatic N) is 2. The van der Waals surface area contributed by atoms with E-state index in [1.807, 2.05) is 32.7 Å². The van der Waals surface area contributed by atoms with Crippen LogP contribution in [-0.4, -0.2) is 47.5 Å². The summed E-state index contributed by atoms with van der Waals surface area (Å²) in [6.45, 7) is 6.71. The molecule has 1 aliphatic carbocycles. The van der Waals surface area contributed by atoms with E-state index >= 15 is 0 Å². The summed E-state index contributed by atoms with van der Waals surface area (Å²) in [5.74, 6) is -0.00433. The van der Waals surface area contributed by atoms with Gasteiger partial charge in [0.1, 0.15) is 5.60 Å². The Labute approximate surface area is 162 Å². The first kappa shape index (κ1) is 19.7. The summed E-state index contributed by atoms with van der Waals surface area (Å²) >= 11 is 0. The Morgan fingerprint density at radius 3 is 2.63 bits per heavy atom. The first-order valence-electron chi connectivity index (χ1n) is 10.1. The molecule has 0 radical (unpaired) electrons. The van der Waals surface area contributed by atoms with Gasteiger partial charge in [0.2, 0.25) is 5.91 Å². The molecule has 1 aromatic rings. The maximum Gasteiger partial charge on any atom is 0.410 e. The topological polar surface area (TPSA) is 49.9 Å². The molecule has 1 fully saturated rings. The van der Waals surface area contributed by atoms with Gasteiger partial charge in [-0.25, -0.2) is 4.79 Å². The molecule has 0 aromatic heterocycles. The lowest BCUT2D eigenvalue weighted by atomic mass is 9.86. The van der Waals surface area contributed by atoms with Crippen molar-refractivity contribution in [2.45, 2.75) is 64.5 Å². The molecule has 0 spiro atoms. The van der Waals surface area contributed by atoms with E-state index < -0.39 is 5.60 Å². The van der Waals surface area contributed by atoms with Gasteiger partial charge in [-0.15, -0.1) is 0 Å². The van der Waals surface area contributed by atoms with Gasteiger partial charge >= 0.3 is 6.09 Å². The highest BCUT2D eigenvalue weighted by Crippen LogP contribution is 2.35. The van der Waals surface area contributed by atoms with Gasteiger partial charge in [-0.3, -0.25) is 4.79 Å². The van der Waals surface area contributed by atoms with E-state index in [9.17, 15) is 9.59 Å². The van der Waals surface area contributed by atoms with Gasteiger partial charge in [-0.05, 0) is 64.0 Å². The number of carbonyl (C=O) groups is 2. The van der Waals surface area contributed by atoms with E-state index in [1.54, 1.807) is 4.90 Å². The summed E-state index contributed by atoms with van der Waals surface area (Å²) in [5, 5.41) is 0. The molecule has 0 N–H and O–H groups in total. The summed E-state index contributed by atoms with van der Waals surface area (Å²) in [6.07, 6.45) is 4.55. The number of aryl methyl sites for hydroxylation is 1. The minimum absolute atomic E-state index is 0.138. The fourth-order valence-electron chi connectivity index (χ4n) is 4.24. The second kappa shape index (κ2) is 7.91. The van der Waals surface area contributed by atoms with Crippen LogP contribution in [0.15, 0.2) is 24.3 Å². The highest BCUT2D eigenvalue weighted by atomic mass is 16.6. The predicted octanol–water partition coefficient (Wildman–Crippen LogP) is 4.17. The van der Waals surface area contributed by atoms with Gasteiger partial charge in [0.25, 0.3) is 0 Å². The third-order valence-corrected chi connectivity index (χ3v) is 5.58. The van der Waals surface area contributed by atoms with Crippen LogP contribution in [0.3, 0.4) is 0 Å². The third-order valence-electron chi connectivity index (χ3n) is 5.58. The fraction of sp³-hybridized carbons (Fsp3) is 0.636. The number of fused-ring (bicyclic) bond motifs is 1. The molecule has 2 unspecified atom stereocenters. The molecule has 0 bridgehead atoms. The Kier molecular flexibility index (Phi) is 5.78. The Balaban J connectivity index is 1.68. The summed E-state index contributed by atoms with van der Waals surface area (Å²) in [5.41, 5.74) is 2.11. The van der Waals surface area contributed by atoms with Crippen LogP contribution in [0, 0.1) is 5.92 Å². The fourth-order valence-corrected chi connectivity index (χ4v) is 4.24. The van der Waals surface area contributed by atoms with E-state index in [0.717, 1.165) is 32.1 Å². The highest BCUT2D eigenvalue weighted by molar-refractivity contribution is 5.80. The van der Waals surface area contributed by atoms with Gasteiger partial charge in [0.05, 0.1) is 12.0 Å². The normalized spacial score (nSPS) is 22.7. The number of amides is 2. The Morgan fingerprint density at radius 2 is 1.89 bits per heavy atom. The van der Waals surface area contributed by atoms with Gasteiger partial charge < -0.3 is 14.5 Å². The molecule has 2 amide bonds. The summed E-state index contributed by atoms with van der Waals surface area (Å²) in [7, 11) is 1.92. The smallest absolute Gasteiger partial charge is 0.410 e. The number of carbonyl (C=O) groups excluding carboxylic acids is 2. The second-order valence-electron chi connectivity index (χ2n) is 8.82. The molecule has 5 heteroatoms. The first-order valence-corrected chi connectivity index (χ1v) is 10.1. The monoisotopic (exact) mass is 372 g/mol. The van der Waals surface area contributed by atoms with Crippen molar-refractivity contribution in [1.82, 2.24) is 9.80 Å². The van der Waals surface area contributed by atoms with E-state index in [4.69, 9.17) is 4.74 Å². The number of ether oxygens (including phenoxy) is 1. The van der Waals surface area contributed by atoms with Crippen LogP contribution in [0.25, 0.3) is 0 Å². The maximum atomic E-state index is 13.2. The molecule has 2 atom stereocenters. The second-order valence-corrected chi connectivity index (χ2v) is 8.82. The SMILES string of the molecule is CN(C(=O)C1CCCN(C(=O)OC(C)(C)C)C1)C1CCCc2ccccc21. The van der Waals surface area contributed by atoms with Crippen molar-refractivity contribution < 1.29 is 14.3 Å². The number of rotatable bonds is 2. The number of piperidine rings is 1. The maximum absolute atomic E-state index is 13.2. The Hall–Kier alpha value is -2.04. The first-order chi connectivity index (χ1) is 12.8. The van der Waals surface area contributed by atoms with Gasteiger partial charge in [0.15, 0.2) is 0 Å². The molecular weight excluding hydrogens is 340 g/mol. The molecule has 1 heterocycles. The zero-order valence-electron chi connectivity index (χ0n) is 17.0. The Morgan fingerprint density at radius 1 is 1.15 bits per heavy atom. The largest absolute Gasteiger partial charge is 0.444 e. The van der Waals surface area contributed by atoms with Crippen LogP contribution < -0.4 is 0 Å². The molecule has 3 rings (SSSR count). The number of benzene rings is 1. The molecule has 2 aliphatic rings. The molecule has 1 saturated heterocycles. The third kappa shape index (κ3) is 4.63. The van der Waals surface area contributed by atoms with Crippen molar-refractivity contribution in [3.63, 3.8) is 0 Å². The van der Waals surface area contributed by atoms with Crippen LogP contribution in [0.4, 0.5) is 4.79 Å². The molecule has 1 aliphatic heterocycles. The van der Waals surface area contributed by atoms with Gasteiger partial charge in [-0.1, -0.05) is 24.3 Å². The van der Waals surface area contributed by atoms with Crippen molar-refractivity contribution in [2.75, 3.05) is 20.1 Å². The zero-order valence-corrected chi connectivity index (χ0v) is 17.0. The molecule has 27 heavy (non-hydrogen) atoms. The van der Waals surface area contributed by atoms with Crippen molar-refractivity contribution in [2.24, 2.45) is 5.92 Å².